The Bertz CT molecular complexity index is 392. The van der Waals surface area contributed by atoms with E-state index in [2.05, 4.69) is 29.7 Å². The van der Waals surface area contributed by atoms with Gasteiger partial charge in [-0.15, -0.1) is 0 Å². The van der Waals surface area contributed by atoms with Crippen molar-refractivity contribution in [1.82, 2.24) is 10.6 Å². The summed E-state index contributed by atoms with van der Waals surface area (Å²) in [5.41, 5.74) is 1.32. The van der Waals surface area contributed by atoms with E-state index in [4.69, 9.17) is 4.74 Å². The number of carbonyl (C=O) groups excluding carboxylic acids is 1. The van der Waals surface area contributed by atoms with Crippen LogP contribution >= 0.6 is 0 Å². The maximum Gasteiger partial charge on any atom is 0.220 e. The number of ether oxygens (including phenoxy) is 1. The number of rotatable bonds is 9. The van der Waals surface area contributed by atoms with Crippen LogP contribution in [-0.2, 0) is 9.53 Å². The second kappa shape index (κ2) is 18.9. The highest BCUT2D eigenvalue weighted by atomic mass is 16.5. The molecule has 1 aromatic carbocycles. The summed E-state index contributed by atoms with van der Waals surface area (Å²) in [7, 11) is 0. The molecule has 0 fully saturated rings. The summed E-state index contributed by atoms with van der Waals surface area (Å²) >= 11 is 0. The van der Waals surface area contributed by atoms with Gasteiger partial charge in [0.05, 0.1) is 12.7 Å². The fourth-order valence-corrected chi connectivity index (χ4v) is 1.76. The lowest BCUT2D eigenvalue weighted by Gasteiger charge is -2.09. The molecule has 0 radical (unpaired) electrons. The van der Waals surface area contributed by atoms with Gasteiger partial charge in [-0.1, -0.05) is 63.6 Å². The summed E-state index contributed by atoms with van der Waals surface area (Å²) in [5, 5.41) is 6.08. The smallest absolute Gasteiger partial charge is 0.220 e. The summed E-state index contributed by atoms with van der Waals surface area (Å²) in [4.78, 5) is 11.3. The lowest BCUT2D eigenvalue weighted by molar-refractivity contribution is -0.121. The number of aryl methyl sites for hydroxylation is 1. The van der Waals surface area contributed by atoms with Crippen molar-refractivity contribution in [3.63, 3.8) is 0 Å². The van der Waals surface area contributed by atoms with E-state index in [0.29, 0.717) is 18.9 Å². The summed E-state index contributed by atoms with van der Waals surface area (Å²) in [6.07, 6.45) is 0.892. The largest absolute Gasteiger partial charge is 0.377 e. The molecule has 25 heavy (non-hydrogen) atoms. The molecular formula is C21H40N2O2. The van der Waals surface area contributed by atoms with E-state index in [9.17, 15) is 4.79 Å². The van der Waals surface area contributed by atoms with Crippen LogP contribution in [0.3, 0.4) is 0 Å². The predicted octanol–water partition coefficient (Wildman–Crippen LogP) is 4.18. The van der Waals surface area contributed by atoms with Crippen molar-refractivity contribution in [3.05, 3.63) is 35.9 Å². The highest BCUT2D eigenvalue weighted by molar-refractivity contribution is 5.75. The minimum absolute atomic E-state index is 0.134. The summed E-state index contributed by atoms with van der Waals surface area (Å²) < 4.78 is 5.37. The quantitative estimate of drug-likeness (QED) is 0.655. The fourth-order valence-electron chi connectivity index (χ4n) is 1.76. The van der Waals surface area contributed by atoms with Gasteiger partial charge >= 0.3 is 0 Å². The Hall–Kier alpha value is -1.39. The Balaban J connectivity index is 0. The number of carbonyl (C=O) groups is 1. The Morgan fingerprint density at radius 1 is 1.00 bits per heavy atom. The second-order valence-corrected chi connectivity index (χ2v) is 6.27. The van der Waals surface area contributed by atoms with Gasteiger partial charge in [-0.25, -0.2) is 0 Å². The van der Waals surface area contributed by atoms with Crippen molar-refractivity contribution >= 4 is 5.91 Å². The van der Waals surface area contributed by atoms with Crippen LogP contribution in [-0.4, -0.2) is 38.3 Å². The molecule has 1 aromatic rings. The summed E-state index contributed by atoms with van der Waals surface area (Å²) in [5.74, 6) is 0.558. The predicted molar refractivity (Wildman–Crippen MR) is 109 cm³/mol. The first-order chi connectivity index (χ1) is 11.9. The molecule has 0 bridgehead atoms. The Morgan fingerprint density at radius 3 is 2.04 bits per heavy atom. The monoisotopic (exact) mass is 352 g/mol. The van der Waals surface area contributed by atoms with Gasteiger partial charge in [0.2, 0.25) is 5.91 Å². The molecule has 0 atom stereocenters. The average molecular weight is 353 g/mol. The normalized spacial score (nSPS) is 9.80. The number of hydrogen-bond acceptors (Lipinski definition) is 3. The molecule has 1 rings (SSSR count). The average Bonchev–Trinajstić information content (AvgIpc) is 2.56. The third kappa shape index (κ3) is 22.6. The zero-order valence-corrected chi connectivity index (χ0v) is 17.4. The van der Waals surface area contributed by atoms with Crippen molar-refractivity contribution in [1.29, 1.82) is 0 Å². The number of benzene rings is 1. The molecule has 0 aliphatic carbocycles. The molecule has 2 N–H and O–H groups in total. The number of amides is 1. The summed E-state index contributed by atoms with van der Waals surface area (Å²) in [6.45, 7) is 17.2. The van der Waals surface area contributed by atoms with Crippen LogP contribution in [0.2, 0.25) is 0 Å². The molecule has 4 nitrogen and oxygen atoms in total. The molecule has 4 heteroatoms. The fraction of sp³-hybridized carbons (Fsp3) is 0.667. The molecule has 0 aliphatic heterocycles. The molecule has 0 aromatic heterocycles. The van der Waals surface area contributed by atoms with Crippen LogP contribution in [0, 0.1) is 12.8 Å². The summed E-state index contributed by atoms with van der Waals surface area (Å²) in [6, 6.07) is 10.3. The molecule has 0 spiro atoms. The van der Waals surface area contributed by atoms with E-state index in [0.717, 1.165) is 19.7 Å². The van der Waals surface area contributed by atoms with Gasteiger partial charge in [0.15, 0.2) is 0 Å². The number of hydrogen-bond donors (Lipinski definition) is 2. The van der Waals surface area contributed by atoms with Gasteiger partial charge in [0.25, 0.3) is 0 Å². The van der Waals surface area contributed by atoms with Crippen LogP contribution in [0.25, 0.3) is 0 Å². The molecule has 0 saturated carbocycles. The zero-order valence-electron chi connectivity index (χ0n) is 17.4. The molecule has 0 heterocycles. The van der Waals surface area contributed by atoms with Gasteiger partial charge in [0.1, 0.15) is 0 Å². The molecule has 0 aliphatic rings. The maximum atomic E-state index is 11.3. The molecule has 0 saturated heterocycles. The first-order valence-electron chi connectivity index (χ1n) is 9.52. The zero-order chi connectivity index (χ0) is 19.5. The van der Waals surface area contributed by atoms with E-state index in [1.807, 2.05) is 59.7 Å². The molecule has 146 valence electrons. The van der Waals surface area contributed by atoms with Crippen LogP contribution in [0.1, 0.15) is 53.5 Å². The highest BCUT2D eigenvalue weighted by Gasteiger charge is 2.02. The minimum atomic E-state index is 0.134. The molecule has 0 unspecified atom stereocenters. The van der Waals surface area contributed by atoms with E-state index in [-0.39, 0.29) is 12.0 Å². The first-order valence-corrected chi connectivity index (χ1v) is 9.52. The molecule has 1 amide bonds. The van der Waals surface area contributed by atoms with Crippen molar-refractivity contribution < 1.29 is 9.53 Å². The minimum Gasteiger partial charge on any atom is -0.377 e. The Kier molecular flexibility index (Phi) is 19.6. The van der Waals surface area contributed by atoms with E-state index >= 15 is 0 Å². The van der Waals surface area contributed by atoms with Gasteiger partial charge in [-0.2, -0.15) is 0 Å². The van der Waals surface area contributed by atoms with E-state index < -0.39 is 0 Å². The van der Waals surface area contributed by atoms with Gasteiger partial charge < -0.3 is 15.4 Å². The van der Waals surface area contributed by atoms with Crippen LogP contribution < -0.4 is 10.6 Å². The molecular weight excluding hydrogens is 312 g/mol. The SMILES string of the molecule is CC.CC(C)CC(=O)NCCNCCOC(C)C.Cc1ccccc1. The Labute approximate surface area is 155 Å². The standard InChI is InChI=1S/C12H26N2O2.C7H8.C2H6/c1-10(2)9-12(15)14-6-5-13-7-8-16-11(3)4;1-7-5-3-2-4-6-7;1-2/h10-11,13H,5-9H2,1-4H3,(H,14,15);2-6H,1H3;1-2H3. The van der Waals surface area contributed by atoms with Gasteiger partial charge in [-0.05, 0) is 26.7 Å². The number of nitrogens with one attached hydrogen (secondary N) is 2. The van der Waals surface area contributed by atoms with Crippen molar-refractivity contribution in [2.45, 2.75) is 61.0 Å². The lowest BCUT2D eigenvalue weighted by atomic mass is 10.1. The van der Waals surface area contributed by atoms with Gasteiger partial charge in [0, 0.05) is 26.1 Å². The third-order valence-electron chi connectivity index (χ3n) is 2.89. The van der Waals surface area contributed by atoms with Crippen molar-refractivity contribution in [2.24, 2.45) is 5.92 Å². The first kappa shape index (κ1) is 25.8. The van der Waals surface area contributed by atoms with Crippen LogP contribution in [0.4, 0.5) is 0 Å². The van der Waals surface area contributed by atoms with Crippen molar-refractivity contribution in [2.75, 3.05) is 26.2 Å². The second-order valence-electron chi connectivity index (χ2n) is 6.27. The lowest BCUT2D eigenvalue weighted by Crippen LogP contribution is -2.33. The van der Waals surface area contributed by atoms with E-state index in [1.54, 1.807) is 0 Å². The van der Waals surface area contributed by atoms with Crippen LogP contribution in [0.5, 0.6) is 0 Å². The van der Waals surface area contributed by atoms with Crippen molar-refractivity contribution in [3.8, 4) is 0 Å². The highest BCUT2D eigenvalue weighted by Crippen LogP contribution is 1.97. The topological polar surface area (TPSA) is 50.4 Å². The van der Waals surface area contributed by atoms with E-state index in [1.165, 1.54) is 5.56 Å². The third-order valence-corrected chi connectivity index (χ3v) is 2.89. The van der Waals surface area contributed by atoms with Gasteiger partial charge in [-0.3, -0.25) is 4.79 Å². The maximum absolute atomic E-state index is 11.3. The van der Waals surface area contributed by atoms with Crippen LogP contribution in [0.15, 0.2) is 30.3 Å². The Morgan fingerprint density at radius 2 is 1.60 bits per heavy atom.